The molecule has 0 aliphatic rings. The largest absolute Gasteiger partial charge is 0.494 e. The molecule has 0 saturated heterocycles. The molecule has 7 nitrogen and oxygen atoms in total. The van der Waals surface area contributed by atoms with Gasteiger partial charge < -0.3 is 18.9 Å². The molecule has 0 fully saturated rings. The third-order valence-electron chi connectivity index (χ3n) is 5.83. The average molecular weight is 548 g/mol. The highest BCUT2D eigenvalue weighted by molar-refractivity contribution is 6.31. The van der Waals surface area contributed by atoms with Crippen LogP contribution in [0, 0.1) is 5.82 Å². The third-order valence-corrected chi connectivity index (χ3v) is 6.12. The number of hydrogen-bond donors (Lipinski definition) is 0. The van der Waals surface area contributed by atoms with E-state index in [2.05, 4.69) is 4.98 Å². The Morgan fingerprint density at radius 3 is 2.34 bits per heavy atom. The molecule has 0 saturated carbocycles. The molecule has 0 N–H and O–H groups in total. The van der Waals surface area contributed by atoms with Gasteiger partial charge in [0.2, 0.25) is 0 Å². The first kappa shape index (κ1) is 28.8. The number of ketones is 1. The molecule has 2 aromatic carbocycles. The normalized spacial score (nSPS) is 12.4. The van der Waals surface area contributed by atoms with E-state index in [1.165, 1.54) is 51.5 Å². The number of hydrogen-bond acceptors (Lipinski definition) is 7. The molecule has 0 spiro atoms. The summed E-state index contributed by atoms with van der Waals surface area (Å²) in [7, 11) is 2.89. The van der Waals surface area contributed by atoms with E-state index in [0.717, 1.165) is 0 Å². The first-order valence-electron chi connectivity index (χ1n) is 11.7. The SMILES string of the molecule is COc1cc(C(=O)CCC(C)(OC(C)=O)c2ccc(OC)c(-c3ccc(F)c(Cl)c3)n2)ccc1OCCF. The lowest BCUT2D eigenvalue weighted by atomic mass is 9.91. The van der Waals surface area contributed by atoms with Gasteiger partial charge in [-0.25, -0.2) is 13.8 Å². The molecular formula is C28H28ClF2NO6. The van der Waals surface area contributed by atoms with E-state index in [9.17, 15) is 18.4 Å². The minimum Gasteiger partial charge on any atom is -0.494 e. The number of methoxy groups -OCH3 is 2. The zero-order chi connectivity index (χ0) is 27.9. The molecule has 0 amide bonds. The molecule has 0 aliphatic carbocycles. The Morgan fingerprint density at radius 1 is 1.00 bits per heavy atom. The number of nitrogens with zero attached hydrogens (tertiary/aromatic N) is 1. The van der Waals surface area contributed by atoms with Crippen LogP contribution in [-0.4, -0.2) is 44.2 Å². The van der Waals surface area contributed by atoms with Crippen LogP contribution in [0.4, 0.5) is 8.78 Å². The van der Waals surface area contributed by atoms with Crippen molar-refractivity contribution in [2.24, 2.45) is 0 Å². The van der Waals surface area contributed by atoms with Gasteiger partial charge in [0, 0.05) is 24.5 Å². The van der Waals surface area contributed by atoms with Crippen molar-refractivity contribution in [3.63, 3.8) is 0 Å². The number of alkyl halides is 1. The molecule has 3 aromatic rings. The minimum atomic E-state index is -1.28. The Labute approximate surface area is 224 Å². The average Bonchev–Trinajstić information content (AvgIpc) is 2.91. The topological polar surface area (TPSA) is 84.0 Å². The Balaban J connectivity index is 1.92. The highest BCUT2D eigenvalue weighted by Gasteiger charge is 2.33. The van der Waals surface area contributed by atoms with Gasteiger partial charge in [-0.15, -0.1) is 0 Å². The van der Waals surface area contributed by atoms with Crippen molar-refractivity contribution < 1.29 is 37.3 Å². The van der Waals surface area contributed by atoms with Crippen molar-refractivity contribution in [3.8, 4) is 28.5 Å². The fraction of sp³-hybridized carbons (Fsp3) is 0.321. The van der Waals surface area contributed by atoms with E-state index in [4.69, 9.17) is 30.5 Å². The van der Waals surface area contributed by atoms with Gasteiger partial charge in [0.15, 0.2) is 22.9 Å². The van der Waals surface area contributed by atoms with Crippen molar-refractivity contribution in [2.75, 3.05) is 27.5 Å². The highest BCUT2D eigenvalue weighted by atomic mass is 35.5. The molecule has 202 valence electrons. The molecule has 1 aromatic heterocycles. The summed E-state index contributed by atoms with van der Waals surface area (Å²) < 4.78 is 47.9. The summed E-state index contributed by atoms with van der Waals surface area (Å²) in [4.78, 5) is 29.8. The van der Waals surface area contributed by atoms with Gasteiger partial charge in [-0.3, -0.25) is 9.59 Å². The molecule has 1 heterocycles. The molecule has 38 heavy (non-hydrogen) atoms. The highest BCUT2D eigenvalue weighted by Crippen LogP contribution is 2.37. The number of pyridine rings is 1. The van der Waals surface area contributed by atoms with E-state index >= 15 is 0 Å². The van der Waals surface area contributed by atoms with Crippen LogP contribution in [0.15, 0.2) is 48.5 Å². The monoisotopic (exact) mass is 547 g/mol. The van der Waals surface area contributed by atoms with Crippen LogP contribution in [-0.2, 0) is 15.1 Å². The van der Waals surface area contributed by atoms with Crippen molar-refractivity contribution in [3.05, 3.63) is 70.6 Å². The van der Waals surface area contributed by atoms with Gasteiger partial charge in [-0.1, -0.05) is 11.6 Å². The van der Waals surface area contributed by atoms with Crippen LogP contribution in [0.1, 0.15) is 42.7 Å². The van der Waals surface area contributed by atoms with Gasteiger partial charge in [0.25, 0.3) is 0 Å². The maximum atomic E-state index is 13.7. The first-order chi connectivity index (χ1) is 18.1. The molecule has 3 rings (SSSR count). The summed E-state index contributed by atoms with van der Waals surface area (Å²) in [6, 6.07) is 12.1. The number of Topliss-reactive ketones (excluding diaryl/α,β-unsaturated/α-hetero) is 1. The number of ether oxygens (including phenoxy) is 4. The first-order valence-corrected chi connectivity index (χ1v) is 12.1. The van der Waals surface area contributed by atoms with Gasteiger partial charge >= 0.3 is 5.97 Å². The summed E-state index contributed by atoms with van der Waals surface area (Å²) in [6.45, 7) is 2.14. The quantitative estimate of drug-likeness (QED) is 0.193. The Kier molecular flexibility index (Phi) is 9.63. The lowest BCUT2D eigenvalue weighted by Crippen LogP contribution is -2.30. The Bertz CT molecular complexity index is 1320. The van der Waals surface area contributed by atoms with E-state index in [1.54, 1.807) is 25.1 Å². The van der Waals surface area contributed by atoms with Crippen LogP contribution in [0.3, 0.4) is 0 Å². The van der Waals surface area contributed by atoms with Crippen molar-refractivity contribution in [1.29, 1.82) is 0 Å². The van der Waals surface area contributed by atoms with Crippen molar-refractivity contribution in [1.82, 2.24) is 4.98 Å². The van der Waals surface area contributed by atoms with Gasteiger partial charge in [0.1, 0.15) is 30.5 Å². The molecule has 0 aliphatic heterocycles. The second-order valence-electron chi connectivity index (χ2n) is 8.53. The lowest BCUT2D eigenvalue weighted by molar-refractivity contribution is -0.157. The summed E-state index contributed by atoms with van der Waals surface area (Å²) >= 11 is 5.97. The van der Waals surface area contributed by atoms with Crippen LogP contribution in [0.5, 0.6) is 17.2 Å². The summed E-state index contributed by atoms with van der Waals surface area (Å²) in [5.74, 6) is -0.348. The fourth-order valence-electron chi connectivity index (χ4n) is 3.91. The zero-order valence-corrected chi connectivity index (χ0v) is 22.2. The van der Waals surface area contributed by atoms with Crippen molar-refractivity contribution >= 4 is 23.4 Å². The van der Waals surface area contributed by atoms with E-state index in [-0.39, 0.29) is 30.3 Å². The second-order valence-corrected chi connectivity index (χ2v) is 8.93. The number of carbonyl (C=O) groups is 2. The molecule has 0 bridgehead atoms. The zero-order valence-electron chi connectivity index (χ0n) is 21.5. The maximum absolute atomic E-state index is 13.7. The number of rotatable bonds is 12. The molecular weight excluding hydrogens is 520 g/mol. The molecule has 1 atom stereocenters. The number of halogens is 3. The summed E-state index contributed by atoms with van der Waals surface area (Å²) in [6.07, 6.45) is 0.111. The number of aromatic nitrogens is 1. The molecule has 10 heteroatoms. The predicted octanol–water partition coefficient (Wildman–Crippen LogP) is 6.35. The predicted molar refractivity (Wildman–Crippen MR) is 138 cm³/mol. The smallest absolute Gasteiger partial charge is 0.303 e. The van der Waals surface area contributed by atoms with Gasteiger partial charge in [-0.05, 0) is 61.9 Å². The van der Waals surface area contributed by atoms with Crippen molar-refractivity contribution in [2.45, 2.75) is 32.3 Å². The number of benzene rings is 2. The Hall–Kier alpha value is -3.72. The van der Waals surface area contributed by atoms with Crippen LogP contribution in [0.2, 0.25) is 5.02 Å². The van der Waals surface area contributed by atoms with Crippen LogP contribution < -0.4 is 14.2 Å². The maximum Gasteiger partial charge on any atom is 0.303 e. The van der Waals surface area contributed by atoms with Gasteiger partial charge in [0.05, 0.1) is 24.9 Å². The number of esters is 1. The summed E-state index contributed by atoms with van der Waals surface area (Å²) in [5.41, 5.74) is 0.303. The van der Waals surface area contributed by atoms with Crippen LogP contribution in [0.25, 0.3) is 11.3 Å². The van der Waals surface area contributed by atoms with Gasteiger partial charge in [-0.2, -0.15) is 0 Å². The minimum absolute atomic E-state index is 0.00301. The second kappa shape index (κ2) is 12.7. The van der Waals surface area contributed by atoms with E-state index in [1.807, 2.05) is 0 Å². The fourth-order valence-corrected chi connectivity index (χ4v) is 4.09. The Morgan fingerprint density at radius 2 is 1.71 bits per heavy atom. The van der Waals surface area contributed by atoms with E-state index < -0.39 is 24.1 Å². The van der Waals surface area contributed by atoms with E-state index in [0.29, 0.717) is 39.8 Å². The third kappa shape index (κ3) is 6.77. The lowest BCUT2D eigenvalue weighted by Gasteiger charge is -2.29. The molecule has 1 unspecified atom stereocenters. The summed E-state index contributed by atoms with van der Waals surface area (Å²) in [5, 5.41) is -0.0818. The standard InChI is InChI=1S/C28H28ClF2NO6/c1-17(33)38-28(2,12-11-22(34)18-6-8-23(37-14-13-30)25(16-18)36-4)26-10-9-24(35-3)27(32-26)19-5-7-21(31)20(29)15-19/h5-10,15-16H,11-14H2,1-4H3. The van der Waals surface area contributed by atoms with Crippen LogP contribution >= 0.6 is 11.6 Å². The number of carbonyl (C=O) groups excluding carboxylic acids is 2. The molecule has 0 radical (unpaired) electrons.